The van der Waals surface area contributed by atoms with Crippen molar-refractivity contribution in [3.8, 4) is 0 Å². The lowest BCUT2D eigenvalue weighted by Gasteiger charge is -2.11. The molecular formula is C11H18N4O. The summed E-state index contributed by atoms with van der Waals surface area (Å²) in [5, 5.41) is 3.27. The third kappa shape index (κ3) is 2.82. The Labute approximate surface area is 95.4 Å². The number of rotatable bonds is 4. The summed E-state index contributed by atoms with van der Waals surface area (Å²) < 4.78 is 5.55. The maximum atomic E-state index is 5.55. The minimum atomic E-state index is 0.310. The maximum Gasteiger partial charge on any atom is 0.221 e. The lowest BCUT2D eigenvalue weighted by Crippen LogP contribution is -2.14. The summed E-state index contributed by atoms with van der Waals surface area (Å²) in [6.45, 7) is 3.74. The number of aromatic nitrogens is 2. The molecule has 5 heteroatoms. The van der Waals surface area contributed by atoms with Gasteiger partial charge in [0.1, 0.15) is 5.82 Å². The number of nitrogens with two attached hydrogens (primary N) is 1. The van der Waals surface area contributed by atoms with Crippen LogP contribution in [0.15, 0.2) is 6.20 Å². The molecule has 5 nitrogen and oxygen atoms in total. The zero-order valence-electron chi connectivity index (χ0n) is 9.57. The molecule has 1 saturated heterocycles. The average Bonchev–Trinajstić information content (AvgIpc) is 2.76. The van der Waals surface area contributed by atoms with Crippen molar-refractivity contribution in [3.05, 3.63) is 11.8 Å². The van der Waals surface area contributed by atoms with Gasteiger partial charge in [-0.1, -0.05) is 0 Å². The Morgan fingerprint density at radius 1 is 1.62 bits per heavy atom. The first kappa shape index (κ1) is 11.1. The highest BCUT2D eigenvalue weighted by molar-refractivity contribution is 5.44. The van der Waals surface area contributed by atoms with E-state index in [1.54, 1.807) is 6.20 Å². The third-order valence-corrected chi connectivity index (χ3v) is 2.77. The van der Waals surface area contributed by atoms with Crippen LogP contribution >= 0.6 is 0 Å². The molecule has 0 radical (unpaired) electrons. The Balaban J connectivity index is 1.82. The number of hydrogen-bond acceptors (Lipinski definition) is 5. The molecule has 1 atom stereocenters. The fourth-order valence-corrected chi connectivity index (χ4v) is 1.86. The van der Waals surface area contributed by atoms with Crippen molar-refractivity contribution < 1.29 is 4.74 Å². The molecule has 0 spiro atoms. The first-order chi connectivity index (χ1) is 7.75. The van der Waals surface area contributed by atoms with Gasteiger partial charge in [-0.2, -0.15) is 4.98 Å². The molecule has 1 fully saturated rings. The standard InChI is InChI=1S/C11H18N4O/c1-8-7-14-11(12)15-10(8)13-5-4-9-3-2-6-16-9/h7,9H,2-6H2,1H3,(H3,12,13,14,15). The summed E-state index contributed by atoms with van der Waals surface area (Å²) >= 11 is 0. The molecule has 88 valence electrons. The van der Waals surface area contributed by atoms with Gasteiger partial charge in [-0.15, -0.1) is 0 Å². The molecule has 0 aromatic carbocycles. The Hall–Kier alpha value is -1.36. The van der Waals surface area contributed by atoms with Crippen molar-refractivity contribution in [2.24, 2.45) is 0 Å². The van der Waals surface area contributed by atoms with Gasteiger partial charge in [0.15, 0.2) is 0 Å². The second-order valence-corrected chi connectivity index (χ2v) is 4.11. The van der Waals surface area contributed by atoms with Crippen LogP contribution in [0.1, 0.15) is 24.8 Å². The van der Waals surface area contributed by atoms with Crippen LogP contribution in [0.5, 0.6) is 0 Å². The van der Waals surface area contributed by atoms with Crippen LogP contribution < -0.4 is 11.1 Å². The number of ether oxygens (including phenoxy) is 1. The summed E-state index contributed by atoms with van der Waals surface area (Å²) in [4.78, 5) is 8.08. The molecule has 1 unspecified atom stereocenters. The molecular weight excluding hydrogens is 204 g/mol. The van der Waals surface area contributed by atoms with Gasteiger partial charge in [-0.25, -0.2) is 4.98 Å². The third-order valence-electron chi connectivity index (χ3n) is 2.77. The topological polar surface area (TPSA) is 73.1 Å². The van der Waals surface area contributed by atoms with Crippen molar-refractivity contribution in [1.29, 1.82) is 0 Å². The van der Waals surface area contributed by atoms with Crippen LogP contribution in [0, 0.1) is 6.92 Å². The minimum absolute atomic E-state index is 0.310. The van der Waals surface area contributed by atoms with E-state index in [0.29, 0.717) is 12.1 Å². The molecule has 1 aromatic rings. The van der Waals surface area contributed by atoms with Crippen molar-refractivity contribution >= 4 is 11.8 Å². The van der Waals surface area contributed by atoms with Crippen LogP contribution in [0.4, 0.5) is 11.8 Å². The highest BCUT2D eigenvalue weighted by Gasteiger charge is 2.14. The summed E-state index contributed by atoms with van der Waals surface area (Å²) in [6, 6.07) is 0. The summed E-state index contributed by atoms with van der Waals surface area (Å²) in [6.07, 6.45) is 5.52. The van der Waals surface area contributed by atoms with Crippen LogP contribution in [-0.4, -0.2) is 29.2 Å². The summed E-state index contributed by atoms with van der Waals surface area (Å²) in [7, 11) is 0. The normalized spacial score (nSPS) is 19.9. The monoisotopic (exact) mass is 222 g/mol. The average molecular weight is 222 g/mol. The fourth-order valence-electron chi connectivity index (χ4n) is 1.86. The molecule has 1 aromatic heterocycles. The molecule has 0 saturated carbocycles. The van der Waals surface area contributed by atoms with Crippen molar-refractivity contribution in [2.45, 2.75) is 32.3 Å². The predicted molar refractivity (Wildman–Crippen MR) is 63.3 cm³/mol. The van der Waals surface area contributed by atoms with E-state index >= 15 is 0 Å². The van der Waals surface area contributed by atoms with Crippen LogP contribution in [0.3, 0.4) is 0 Å². The first-order valence-electron chi connectivity index (χ1n) is 5.70. The zero-order chi connectivity index (χ0) is 11.4. The van der Waals surface area contributed by atoms with Gasteiger partial charge in [0.05, 0.1) is 6.10 Å². The van der Waals surface area contributed by atoms with E-state index in [9.17, 15) is 0 Å². The van der Waals surface area contributed by atoms with Gasteiger partial charge in [0.25, 0.3) is 0 Å². The van der Waals surface area contributed by atoms with Crippen molar-refractivity contribution in [2.75, 3.05) is 24.2 Å². The summed E-state index contributed by atoms with van der Waals surface area (Å²) in [5.74, 6) is 1.13. The SMILES string of the molecule is Cc1cnc(N)nc1NCCC1CCCO1. The number of aryl methyl sites for hydroxylation is 1. The second-order valence-electron chi connectivity index (χ2n) is 4.11. The van der Waals surface area contributed by atoms with Gasteiger partial charge in [-0.05, 0) is 26.2 Å². The highest BCUT2D eigenvalue weighted by Crippen LogP contribution is 2.16. The van der Waals surface area contributed by atoms with E-state index in [1.807, 2.05) is 6.92 Å². The number of nitrogen functional groups attached to an aromatic ring is 1. The second kappa shape index (κ2) is 5.12. The number of anilines is 2. The molecule has 0 amide bonds. The molecule has 2 rings (SSSR count). The largest absolute Gasteiger partial charge is 0.378 e. The highest BCUT2D eigenvalue weighted by atomic mass is 16.5. The van der Waals surface area contributed by atoms with Crippen molar-refractivity contribution in [1.82, 2.24) is 9.97 Å². The lowest BCUT2D eigenvalue weighted by atomic mass is 10.2. The lowest BCUT2D eigenvalue weighted by molar-refractivity contribution is 0.107. The Kier molecular flexibility index (Phi) is 3.56. The maximum absolute atomic E-state index is 5.55. The summed E-state index contributed by atoms with van der Waals surface area (Å²) in [5.41, 5.74) is 6.55. The van der Waals surface area contributed by atoms with E-state index < -0.39 is 0 Å². The number of nitrogens with one attached hydrogen (secondary N) is 1. The van der Waals surface area contributed by atoms with E-state index in [-0.39, 0.29) is 0 Å². The molecule has 0 aliphatic carbocycles. The van der Waals surface area contributed by atoms with E-state index in [0.717, 1.165) is 31.0 Å². The van der Waals surface area contributed by atoms with Gasteiger partial charge in [0.2, 0.25) is 5.95 Å². The Morgan fingerprint density at radius 2 is 2.50 bits per heavy atom. The number of hydrogen-bond donors (Lipinski definition) is 2. The minimum Gasteiger partial charge on any atom is -0.378 e. The Bertz CT molecular complexity index is 350. The molecule has 1 aliphatic heterocycles. The fraction of sp³-hybridized carbons (Fsp3) is 0.636. The molecule has 0 bridgehead atoms. The molecule has 1 aliphatic rings. The number of nitrogens with zero attached hydrogens (tertiary/aromatic N) is 2. The van der Waals surface area contributed by atoms with Crippen molar-refractivity contribution in [3.63, 3.8) is 0 Å². The first-order valence-corrected chi connectivity index (χ1v) is 5.70. The van der Waals surface area contributed by atoms with Gasteiger partial charge < -0.3 is 15.8 Å². The zero-order valence-corrected chi connectivity index (χ0v) is 9.57. The smallest absolute Gasteiger partial charge is 0.221 e. The van der Waals surface area contributed by atoms with Crippen LogP contribution in [-0.2, 0) is 4.74 Å². The van der Waals surface area contributed by atoms with Crippen LogP contribution in [0.2, 0.25) is 0 Å². The quantitative estimate of drug-likeness (QED) is 0.804. The van der Waals surface area contributed by atoms with Crippen LogP contribution in [0.25, 0.3) is 0 Å². The van der Waals surface area contributed by atoms with E-state index in [1.165, 1.54) is 12.8 Å². The van der Waals surface area contributed by atoms with E-state index in [2.05, 4.69) is 15.3 Å². The van der Waals surface area contributed by atoms with Gasteiger partial charge in [-0.3, -0.25) is 0 Å². The molecule has 16 heavy (non-hydrogen) atoms. The van der Waals surface area contributed by atoms with E-state index in [4.69, 9.17) is 10.5 Å². The van der Waals surface area contributed by atoms with Gasteiger partial charge >= 0.3 is 0 Å². The molecule has 2 heterocycles. The molecule has 3 N–H and O–H groups in total. The Morgan fingerprint density at radius 3 is 3.25 bits per heavy atom. The van der Waals surface area contributed by atoms with Gasteiger partial charge in [0, 0.05) is 24.9 Å². The predicted octanol–water partition coefficient (Wildman–Crippen LogP) is 1.35.